The quantitative estimate of drug-likeness (QED) is 0.722. The Kier molecular flexibility index (Phi) is 4.50. The van der Waals surface area contributed by atoms with Crippen LogP contribution in [0.5, 0.6) is 0 Å². The molecule has 0 amide bonds. The molecule has 0 unspecified atom stereocenters. The average Bonchev–Trinajstić information content (AvgIpc) is 2.36. The molecule has 0 saturated heterocycles. The smallest absolute Gasteiger partial charge is 0.311 e. The molecule has 0 atom stereocenters. The molecule has 0 N–H and O–H groups in total. The minimum Gasteiger partial charge on any atom is -0.460 e. The third-order valence-electron chi connectivity index (χ3n) is 3.02. The van der Waals surface area contributed by atoms with Crippen LogP contribution < -0.4 is 0 Å². The minimum atomic E-state index is -0.402. The van der Waals surface area contributed by atoms with Crippen molar-refractivity contribution in [3.63, 3.8) is 0 Å². The Bertz CT molecular complexity index is 388. The Hall–Kier alpha value is -1.57. The molecule has 0 aliphatic rings. The van der Waals surface area contributed by atoms with Gasteiger partial charge in [0.15, 0.2) is 0 Å². The van der Waals surface area contributed by atoms with Gasteiger partial charge in [0.05, 0.1) is 5.41 Å². The molecule has 0 fully saturated rings. The topological polar surface area (TPSA) is 26.3 Å². The van der Waals surface area contributed by atoms with Crippen molar-refractivity contribution in [3.05, 3.63) is 42.0 Å². The standard InChI is InChI=1S/C15H20O2/c1-5-12-7-9-13(10-8-12)11-17-14(16)15(3,4)6-2/h5,7-10H,1,6,11H2,2-4H3. The highest BCUT2D eigenvalue weighted by Crippen LogP contribution is 2.22. The summed E-state index contributed by atoms with van der Waals surface area (Å²) in [6, 6.07) is 7.81. The zero-order valence-electron chi connectivity index (χ0n) is 10.8. The summed E-state index contributed by atoms with van der Waals surface area (Å²) in [4.78, 5) is 11.8. The summed E-state index contributed by atoms with van der Waals surface area (Å²) < 4.78 is 5.29. The van der Waals surface area contributed by atoms with Crippen LogP contribution in [-0.2, 0) is 16.1 Å². The van der Waals surface area contributed by atoms with Gasteiger partial charge < -0.3 is 4.74 Å². The summed E-state index contributed by atoms with van der Waals surface area (Å²) in [5.41, 5.74) is 1.66. The summed E-state index contributed by atoms with van der Waals surface area (Å²) in [7, 11) is 0. The van der Waals surface area contributed by atoms with Gasteiger partial charge in [-0.05, 0) is 31.4 Å². The van der Waals surface area contributed by atoms with E-state index in [2.05, 4.69) is 6.58 Å². The van der Waals surface area contributed by atoms with Gasteiger partial charge in [0.2, 0.25) is 0 Å². The molecule has 0 bridgehead atoms. The third kappa shape index (κ3) is 3.74. The second-order valence-corrected chi connectivity index (χ2v) is 4.76. The second-order valence-electron chi connectivity index (χ2n) is 4.76. The summed E-state index contributed by atoms with van der Waals surface area (Å²) in [6.45, 7) is 9.81. The van der Waals surface area contributed by atoms with Crippen LogP contribution in [0.15, 0.2) is 30.8 Å². The first-order valence-electron chi connectivity index (χ1n) is 5.88. The van der Waals surface area contributed by atoms with Gasteiger partial charge in [-0.2, -0.15) is 0 Å². The van der Waals surface area contributed by atoms with Crippen molar-refractivity contribution in [3.8, 4) is 0 Å². The molecular weight excluding hydrogens is 212 g/mol. The lowest BCUT2D eigenvalue weighted by atomic mass is 9.91. The van der Waals surface area contributed by atoms with Crippen LogP contribution in [-0.4, -0.2) is 5.97 Å². The average molecular weight is 232 g/mol. The van der Waals surface area contributed by atoms with Crippen molar-refractivity contribution in [1.29, 1.82) is 0 Å². The molecule has 92 valence electrons. The Morgan fingerprint density at radius 2 is 1.94 bits per heavy atom. The van der Waals surface area contributed by atoms with Crippen LogP contribution in [0.4, 0.5) is 0 Å². The van der Waals surface area contributed by atoms with E-state index < -0.39 is 5.41 Å². The number of benzene rings is 1. The number of esters is 1. The van der Waals surface area contributed by atoms with Gasteiger partial charge in [-0.15, -0.1) is 0 Å². The van der Waals surface area contributed by atoms with Crippen molar-refractivity contribution in [1.82, 2.24) is 0 Å². The summed E-state index contributed by atoms with van der Waals surface area (Å²) in [6.07, 6.45) is 2.57. The molecule has 17 heavy (non-hydrogen) atoms. The van der Waals surface area contributed by atoms with Gasteiger partial charge >= 0.3 is 5.97 Å². The Morgan fingerprint density at radius 1 is 1.35 bits per heavy atom. The minimum absolute atomic E-state index is 0.146. The lowest BCUT2D eigenvalue weighted by Crippen LogP contribution is -2.25. The fourth-order valence-corrected chi connectivity index (χ4v) is 1.24. The number of hydrogen-bond donors (Lipinski definition) is 0. The van der Waals surface area contributed by atoms with Crippen molar-refractivity contribution in [2.75, 3.05) is 0 Å². The molecule has 1 rings (SSSR count). The van der Waals surface area contributed by atoms with E-state index in [1.165, 1.54) is 0 Å². The van der Waals surface area contributed by atoms with Crippen LogP contribution in [0.25, 0.3) is 6.08 Å². The number of ether oxygens (including phenoxy) is 1. The maximum atomic E-state index is 11.8. The van der Waals surface area contributed by atoms with Crippen LogP contribution in [0, 0.1) is 5.41 Å². The fraction of sp³-hybridized carbons (Fsp3) is 0.400. The predicted molar refractivity (Wildman–Crippen MR) is 70.4 cm³/mol. The Labute approximate surface area is 103 Å². The number of carbonyl (C=O) groups excluding carboxylic acids is 1. The third-order valence-corrected chi connectivity index (χ3v) is 3.02. The molecule has 0 aliphatic carbocycles. The normalized spacial score (nSPS) is 11.0. The molecule has 2 nitrogen and oxygen atoms in total. The van der Waals surface area contributed by atoms with Crippen LogP contribution in [0.3, 0.4) is 0 Å². The molecular formula is C15H20O2. The molecule has 0 radical (unpaired) electrons. The van der Waals surface area contributed by atoms with Gasteiger partial charge in [-0.1, -0.05) is 43.8 Å². The number of carbonyl (C=O) groups is 1. The van der Waals surface area contributed by atoms with E-state index in [1.807, 2.05) is 45.0 Å². The molecule has 0 saturated carbocycles. The predicted octanol–water partition coefficient (Wildman–Crippen LogP) is 3.81. The molecule has 2 heteroatoms. The van der Waals surface area contributed by atoms with Crippen LogP contribution in [0.2, 0.25) is 0 Å². The second kappa shape index (κ2) is 5.67. The van der Waals surface area contributed by atoms with Gasteiger partial charge in [-0.25, -0.2) is 0 Å². The molecule has 0 spiro atoms. The summed E-state index contributed by atoms with van der Waals surface area (Å²) in [5, 5.41) is 0. The summed E-state index contributed by atoms with van der Waals surface area (Å²) >= 11 is 0. The fourth-order valence-electron chi connectivity index (χ4n) is 1.24. The molecule has 0 aliphatic heterocycles. The van der Waals surface area contributed by atoms with Gasteiger partial charge in [0.1, 0.15) is 6.61 Å². The van der Waals surface area contributed by atoms with E-state index >= 15 is 0 Å². The van der Waals surface area contributed by atoms with Crippen molar-refractivity contribution < 1.29 is 9.53 Å². The maximum Gasteiger partial charge on any atom is 0.311 e. The van der Waals surface area contributed by atoms with Crippen molar-refractivity contribution >= 4 is 12.0 Å². The molecule has 0 heterocycles. The zero-order chi connectivity index (χ0) is 12.9. The Balaban J connectivity index is 2.55. The van der Waals surface area contributed by atoms with E-state index in [9.17, 15) is 4.79 Å². The van der Waals surface area contributed by atoms with E-state index in [0.717, 1.165) is 17.5 Å². The van der Waals surface area contributed by atoms with E-state index in [-0.39, 0.29) is 5.97 Å². The van der Waals surface area contributed by atoms with Crippen LogP contribution in [0.1, 0.15) is 38.3 Å². The largest absolute Gasteiger partial charge is 0.460 e. The van der Waals surface area contributed by atoms with Crippen LogP contribution >= 0.6 is 0 Å². The first kappa shape index (κ1) is 13.5. The number of hydrogen-bond acceptors (Lipinski definition) is 2. The van der Waals surface area contributed by atoms with Crippen molar-refractivity contribution in [2.24, 2.45) is 5.41 Å². The van der Waals surface area contributed by atoms with Crippen molar-refractivity contribution in [2.45, 2.75) is 33.8 Å². The summed E-state index contributed by atoms with van der Waals surface area (Å²) in [5.74, 6) is -0.146. The van der Waals surface area contributed by atoms with Gasteiger partial charge in [0.25, 0.3) is 0 Å². The zero-order valence-corrected chi connectivity index (χ0v) is 10.8. The first-order valence-corrected chi connectivity index (χ1v) is 5.88. The lowest BCUT2D eigenvalue weighted by molar-refractivity contribution is -0.155. The highest BCUT2D eigenvalue weighted by atomic mass is 16.5. The van der Waals surface area contributed by atoms with Gasteiger partial charge in [0, 0.05) is 0 Å². The highest BCUT2D eigenvalue weighted by molar-refractivity contribution is 5.75. The Morgan fingerprint density at radius 3 is 2.41 bits per heavy atom. The lowest BCUT2D eigenvalue weighted by Gasteiger charge is -2.20. The van der Waals surface area contributed by atoms with Gasteiger partial charge in [-0.3, -0.25) is 4.79 Å². The molecule has 1 aromatic carbocycles. The highest BCUT2D eigenvalue weighted by Gasteiger charge is 2.26. The van der Waals surface area contributed by atoms with E-state index in [0.29, 0.717) is 6.61 Å². The molecule has 1 aromatic rings. The SMILES string of the molecule is C=Cc1ccc(COC(=O)C(C)(C)CC)cc1. The maximum absolute atomic E-state index is 11.8. The monoisotopic (exact) mass is 232 g/mol. The first-order chi connectivity index (χ1) is 7.99. The van der Waals surface area contributed by atoms with E-state index in [4.69, 9.17) is 4.74 Å². The number of rotatable bonds is 5. The molecule has 0 aromatic heterocycles. The van der Waals surface area contributed by atoms with E-state index in [1.54, 1.807) is 6.08 Å².